The number of aliphatic carboxylic acids is 2. The van der Waals surface area contributed by atoms with Crippen molar-refractivity contribution in [3.63, 3.8) is 0 Å². The summed E-state index contributed by atoms with van der Waals surface area (Å²) < 4.78 is 0. The smallest absolute Gasteiger partial charge is 0.328 e. The summed E-state index contributed by atoms with van der Waals surface area (Å²) in [5.74, 6) is 0.206. The van der Waals surface area contributed by atoms with Crippen molar-refractivity contribution in [1.82, 2.24) is 5.32 Å². The Bertz CT molecular complexity index is 697. The minimum absolute atomic E-state index is 0.540. The number of rotatable bonds is 4. The first-order valence-electron chi connectivity index (χ1n) is 8.53. The first-order chi connectivity index (χ1) is 12.1. The summed E-state index contributed by atoms with van der Waals surface area (Å²) in [7, 11) is 0. The van der Waals surface area contributed by atoms with E-state index < -0.39 is 11.9 Å². The van der Waals surface area contributed by atoms with Gasteiger partial charge in [0.15, 0.2) is 0 Å². The molecule has 1 aliphatic heterocycles. The molecule has 132 valence electrons. The van der Waals surface area contributed by atoms with Crippen LogP contribution in [0.2, 0.25) is 0 Å². The molecule has 0 spiro atoms. The maximum atomic E-state index is 9.55. The van der Waals surface area contributed by atoms with E-state index in [1.54, 1.807) is 11.1 Å². The number of carboxylic acids is 2. The van der Waals surface area contributed by atoms with Crippen LogP contribution in [-0.4, -0.2) is 41.1 Å². The fourth-order valence-electron chi connectivity index (χ4n) is 4.03. The third kappa shape index (κ3) is 4.26. The van der Waals surface area contributed by atoms with Crippen molar-refractivity contribution in [1.29, 1.82) is 0 Å². The minimum Gasteiger partial charge on any atom is -0.478 e. The van der Waals surface area contributed by atoms with Crippen molar-refractivity contribution >= 4 is 18.3 Å². The number of nitrogens with one attached hydrogen (secondary N) is 1. The Balaban J connectivity index is 0.000000197. The van der Waals surface area contributed by atoms with Gasteiger partial charge in [-0.05, 0) is 48.1 Å². The van der Waals surface area contributed by atoms with Gasteiger partial charge in [0.05, 0.1) is 12.4 Å². The minimum atomic E-state index is -1.26. The highest BCUT2D eigenvalue weighted by Crippen LogP contribution is 2.61. The molecule has 4 atom stereocenters. The fraction of sp³-hybridized carbons (Fsp3) is 0.421. The molecule has 1 unspecified atom stereocenters. The highest BCUT2D eigenvalue weighted by Gasteiger charge is 2.53. The van der Waals surface area contributed by atoms with E-state index in [1.165, 1.54) is 19.3 Å². The van der Waals surface area contributed by atoms with Gasteiger partial charge in [-0.1, -0.05) is 24.3 Å². The van der Waals surface area contributed by atoms with E-state index in [0.717, 1.165) is 24.3 Å². The maximum absolute atomic E-state index is 9.55. The van der Waals surface area contributed by atoms with Crippen LogP contribution in [0.4, 0.5) is 0 Å². The number of carboxylic acid groups (broad SMARTS) is 2. The Morgan fingerprint density at radius 3 is 2.56 bits per heavy atom. The van der Waals surface area contributed by atoms with Gasteiger partial charge in [0, 0.05) is 18.7 Å². The molecule has 1 saturated carbocycles. The summed E-state index contributed by atoms with van der Waals surface area (Å²) in [6.07, 6.45) is 6.97. The molecule has 0 bridgehead atoms. The molecule has 1 heterocycles. The normalized spacial score (nSPS) is 28.3. The molecule has 1 aromatic rings. The Morgan fingerprint density at radius 2 is 1.92 bits per heavy atom. The van der Waals surface area contributed by atoms with Crippen LogP contribution >= 0.6 is 0 Å². The zero-order valence-corrected chi connectivity index (χ0v) is 13.8. The molecule has 0 aromatic heterocycles. The van der Waals surface area contributed by atoms with Crippen molar-refractivity contribution < 1.29 is 19.8 Å². The van der Waals surface area contributed by atoms with Crippen LogP contribution < -0.4 is 5.32 Å². The fourth-order valence-corrected chi connectivity index (χ4v) is 4.03. The lowest BCUT2D eigenvalue weighted by Gasteiger charge is -2.13. The molecule has 4 rings (SSSR count). The van der Waals surface area contributed by atoms with Gasteiger partial charge >= 0.3 is 11.9 Å². The van der Waals surface area contributed by atoms with Crippen LogP contribution in [0.1, 0.15) is 29.9 Å². The predicted molar refractivity (Wildman–Crippen MR) is 93.8 cm³/mol. The lowest BCUT2D eigenvalue weighted by atomic mass is 9.92. The van der Waals surface area contributed by atoms with Gasteiger partial charge in [-0.15, -0.1) is 0 Å². The van der Waals surface area contributed by atoms with E-state index in [2.05, 4.69) is 34.6 Å². The summed E-state index contributed by atoms with van der Waals surface area (Å²) in [5, 5.41) is 18.8. The summed E-state index contributed by atoms with van der Waals surface area (Å²) in [6, 6.07) is 9.59. The van der Waals surface area contributed by atoms with Crippen molar-refractivity contribution in [2.24, 2.45) is 16.8 Å². The van der Waals surface area contributed by atoms with Gasteiger partial charge < -0.3 is 15.5 Å². The zero-order valence-electron chi connectivity index (χ0n) is 13.8. The average Bonchev–Trinajstić information content (AvgIpc) is 3.04. The molecule has 0 saturated heterocycles. The molecule has 0 amide bonds. The molecule has 3 N–H and O–H groups in total. The molecule has 3 aliphatic rings. The van der Waals surface area contributed by atoms with Crippen LogP contribution in [0.25, 0.3) is 0 Å². The molecule has 6 heteroatoms. The highest BCUT2D eigenvalue weighted by molar-refractivity contribution is 5.89. The van der Waals surface area contributed by atoms with Crippen LogP contribution in [0.5, 0.6) is 0 Å². The molecule has 25 heavy (non-hydrogen) atoms. The zero-order chi connectivity index (χ0) is 17.8. The van der Waals surface area contributed by atoms with Crippen LogP contribution in [-0.2, 0) is 16.0 Å². The molecule has 1 aromatic carbocycles. The van der Waals surface area contributed by atoms with Crippen molar-refractivity contribution in [3.05, 3.63) is 47.5 Å². The second kappa shape index (κ2) is 7.51. The average molecular weight is 342 g/mol. The number of benzene rings is 1. The summed E-state index contributed by atoms with van der Waals surface area (Å²) in [6.45, 7) is 1.05. The van der Waals surface area contributed by atoms with Gasteiger partial charge in [-0.2, -0.15) is 0 Å². The second-order valence-corrected chi connectivity index (χ2v) is 6.68. The number of hydrogen-bond donors (Lipinski definition) is 3. The molecule has 1 fully saturated rings. The molecular weight excluding hydrogens is 320 g/mol. The molecular formula is C19H22N2O4. The predicted octanol–water partition coefficient (Wildman–Crippen LogP) is 2.06. The quantitative estimate of drug-likeness (QED) is 0.728. The number of nitrogens with zero attached hydrogens (tertiary/aromatic N) is 1. The van der Waals surface area contributed by atoms with E-state index >= 15 is 0 Å². The van der Waals surface area contributed by atoms with E-state index in [1.807, 2.05) is 6.34 Å². The van der Waals surface area contributed by atoms with Gasteiger partial charge in [0.25, 0.3) is 0 Å². The highest BCUT2D eigenvalue weighted by atomic mass is 16.4. The van der Waals surface area contributed by atoms with Crippen LogP contribution in [0.15, 0.2) is 41.4 Å². The van der Waals surface area contributed by atoms with E-state index in [4.69, 9.17) is 10.2 Å². The standard InChI is InChI=1S/C15H18N2.C4H4O4/c1-2-4-12-10(3-1)5-6-13-14(15(12)13)7-11-8-16-9-17-11;5-3(6)1-2-4(7)8/h1-4,9,11,13-15H,5-8H2,(H,16,17);1-2H,(H,5,6)(H,7,8)/b;2-1+/t11-,13-,14?,15-;/m1./s1. The van der Waals surface area contributed by atoms with E-state index in [-0.39, 0.29) is 0 Å². The maximum Gasteiger partial charge on any atom is 0.328 e. The van der Waals surface area contributed by atoms with Crippen LogP contribution in [0.3, 0.4) is 0 Å². The number of fused-ring (bicyclic) bond motifs is 3. The van der Waals surface area contributed by atoms with Crippen molar-refractivity contribution in [2.75, 3.05) is 6.54 Å². The third-order valence-electron chi connectivity index (χ3n) is 5.14. The number of hydrogen-bond acceptors (Lipinski definition) is 4. The summed E-state index contributed by atoms with van der Waals surface area (Å²) >= 11 is 0. The summed E-state index contributed by atoms with van der Waals surface area (Å²) in [5.41, 5.74) is 3.24. The van der Waals surface area contributed by atoms with Gasteiger partial charge in [0.1, 0.15) is 0 Å². The van der Waals surface area contributed by atoms with E-state index in [9.17, 15) is 9.59 Å². The van der Waals surface area contributed by atoms with Crippen molar-refractivity contribution in [3.8, 4) is 0 Å². The SMILES string of the molecule is C1=N[C@H](CC2[C@H]3CCc4ccccc4[C@@H]23)CN1.O=C(O)/C=C/C(=O)O. The Kier molecular flexibility index (Phi) is 5.16. The van der Waals surface area contributed by atoms with E-state index in [0.29, 0.717) is 18.2 Å². The molecule has 0 radical (unpaired) electrons. The first-order valence-corrected chi connectivity index (χ1v) is 8.53. The van der Waals surface area contributed by atoms with Gasteiger partial charge in [-0.3, -0.25) is 4.99 Å². The van der Waals surface area contributed by atoms with Gasteiger partial charge in [0.2, 0.25) is 0 Å². The summed E-state index contributed by atoms with van der Waals surface area (Å²) in [4.78, 5) is 23.6. The van der Waals surface area contributed by atoms with Gasteiger partial charge in [-0.25, -0.2) is 9.59 Å². The Labute approximate surface area is 146 Å². The lowest BCUT2D eigenvalue weighted by Crippen LogP contribution is -2.16. The second-order valence-electron chi connectivity index (χ2n) is 6.68. The molecule has 2 aliphatic carbocycles. The monoisotopic (exact) mass is 342 g/mol. The van der Waals surface area contributed by atoms with Crippen LogP contribution in [0, 0.1) is 11.8 Å². The first kappa shape index (κ1) is 17.2. The number of aryl methyl sites for hydroxylation is 1. The topological polar surface area (TPSA) is 99.0 Å². The Hall–Kier alpha value is -2.63. The molecule has 6 nitrogen and oxygen atoms in total. The number of aliphatic imine (C=N–C) groups is 1. The lowest BCUT2D eigenvalue weighted by molar-refractivity contribution is -0.134. The number of carbonyl (C=O) groups is 2. The third-order valence-corrected chi connectivity index (χ3v) is 5.14. The Morgan fingerprint density at radius 1 is 1.20 bits per heavy atom. The van der Waals surface area contributed by atoms with Crippen molar-refractivity contribution in [2.45, 2.75) is 31.2 Å². The largest absolute Gasteiger partial charge is 0.478 e.